The van der Waals surface area contributed by atoms with Crippen LogP contribution in [0.1, 0.15) is 6.42 Å². The average molecular weight is 156 g/mol. The molecule has 1 radical (unpaired) electrons. The molecule has 11 heavy (non-hydrogen) atoms. The molecule has 0 amide bonds. The Morgan fingerprint density at radius 1 is 1.55 bits per heavy atom. The summed E-state index contributed by atoms with van der Waals surface area (Å²) in [5.41, 5.74) is 0. The van der Waals surface area contributed by atoms with Gasteiger partial charge in [-0.05, 0) is 33.0 Å². The Balaban J connectivity index is 2.05. The van der Waals surface area contributed by atoms with Gasteiger partial charge in [-0.3, -0.25) is 0 Å². The van der Waals surface area contributed by atoms with Gasteiger partial charge in [-0.2, -0.15) is 0 Å². The summed E-state index contributed by atoms with van der Waals surface area (Å²) in [6.07, 6.45) is 1.27. The van der Waals surface area contributed by atoms with E-state index in [1.54, 1.807) is 0 Å². The lowest BCUT2D eigenvalue weighted by Gasteiger charge is -2.23. The van der Waals surface area contributed by atoms with Gasteiger partial charge in [0.1, 0.15) is 0 Å². The summed E-state index contributed by atoms with van der Waals surface area (Å²) < 4.78 is 0. The molecule has 1 fully saturated rings. The van der Waals surface area contributed by atoms with E-state index < -0.39 is 0 Å². The van der Waals surface area contributed by atoms with Crippen molar-refractivity contribution >= 4 is 0 Å². The lowest BCUT2D eigenvalue weighted by molar-refractivity contribution is 0.302. The number of hydrogen-bond donors (Lipinski definition) is 1. The Hall–Kier alpha value is -0.120. The summed E-state index contributed by atoms with van der Waals surface area (Å²) in [6, 6.07) is 0. The second-order valence-electron chi connectivity index (χ2n) is 3.48. The van der Waals surface area contributed by atoms with Crippen molar-refractivity contribution in [1.29, 1.82) is 0 Å². The highest BCUT2D eigenvalue weighted by Gasteiger charge is 2.12. The molecule has 0 saturated carbocycles. The van der Waals surface area contributed by atoms with E-state index in [0.717, 1.165) is 25.7 Å². The topological polar surface area (TPSA) is 29.4 Å². The van der Waals surface area contributed by atoms with Gasteiger partial charge >= 0.3 is 0 Å². The van der Waals surface area contributed by atoms with Crippen LogP contribution in [0.2, 0.25) is 0 Å². The van der Waals surface area contributed by atoms with Crippen molar-refractivity contribution in [3.8, 4) is 0 Å². The highest BCUT2D eigenvalue weighted by atomic mass is 15.1. The minimum absolute atomic E-state index is 0.770. The van der Waals surface area contributed by atoms with Gasteiger partial charge in [-0.25, -0.2) is 5.32 Å². The molecule has 1 aliphatic heterocycles. The van der Waals surface area contributed by atoms with Crippen LogP contribution in [-0.4, -0.2) is 45.3 Å². The second-order valence-corrected chi connectivity index (χ2v) is 3.48. The highest BCUT2D eigenvalue weighted by molar-refractivity contribution is 4.70. The third-order valence-electron chi connectivity index (χ3n) is 2.03. The standard InChI is InChI=1S/C8H18N3/c1-11(2)4-3-8-5-9-7-10-6-8/h8-9H,3-7H2,1-2H3. The first-order valence-corrected chi connectivity index (χ1v) is 4.27. The summed E-state index contributed by atoms with van der Waals surface area (Å²) in [5, 5.41) is 7.58. The maximum Gasteiger partial charge on any atom is 0.0624 e. The first-order chi connectivity index (χ1) is 5.29. The molecule has 1 saturated heterocycles. The van der Waals surface area contributed by atoms with E-state index in [-0.39, 0.29) is 0 Å². The third kappa shape index (κ3) is 3.70. The van der Waals surface area contributed by atoms with Crippen LogP contribution in [0.25, 0.3) is 0 Å². The molecule has 1 rings (SSSR count). The zero-order valence-corrected chi connectivity index (χ0v) is 7.51. The number of nitrogens with one attached hydrogen (secondary N) is 1. The predicted octanol–water partition coefficient (Wildman–Crippen LogP) is -0.281. The van der Waals surface area contributed by atoms with Gasteiger partial charge in [-0.1, -0.05) is 0 Å². The van der Waals surface area contributed by atoms with Crippen molar-refractivity contribution in [2.24, 2.45) is 5.92 Å². The summed E-state index contributed by atoms with van der Waals surface area (Å²) in [5.74, 6) is 0.770. The van der Waals surface area contributed by atoms with E-state index in [1.165, 1.54) is 13.0 Å². The largest absolute Gasteiger partial charge is 0.309 e. The molecule has 1 N–H and O–H groups in total. The van der Waals surface area contributed by atoms with Crippen LogP contribution in [0.4, 0.5) is 0 Å². The van der Waals surface area contributed by atoms with Crippen LogP contribution in [0, 0.1) is 5.92 Å². The average Bonchev–Trinajstić information content (AvgIpc) is 2.03. The van der Waals surface area contributed by atoms with Crippen molar-refractivity contribution < 1.29 is 0 Å². The monoisotopic (exact) mass is 156 g/mol. The van der Waals surface area contributed by atoms with E-state index in [1.807, 2.05) is 0 Å². The Kier molecular flexibility index (Phi) is 3.83. The van der Waals surface area contributed by atoms with Gasteiger partial charge in [0.15, 0.2) is 0 Å². The summed E-state index contributed by atoms with van der Waals surface area (Å²) in [4.78, 5) is 2.23. The Bertz CT molecular complexity index is 97.5. The zero-order chi connectivity index (χ0) is 8.10. The van der Waals surface area contributed by atoms with Crippen molar-refractivity contribution in [3.05, 3.63) is 0 Å². The molecule has 0 aromatic rings. The third-order valence-corrected chi connectivity index (χ3v) is 2.03. The predicted molar refractivity (Wildman–Crippen MR) is 46.5 cm³/mol. The maximum atomic E-state index is 4.31. The molecule has 1 unspecified atom stereocenters. The first-order valence-electron chi connectivity index (χ1n) is 4.27. The number of rotatable bonds is 3. The Morgan fingerprint density at radius 3 is 2.91 bits per heavy atom. The molecule has 0 aliphatic carbocycles. The Labute approximate surface area is 69.1 Å². The summed E-state index contributed by atoms with van der Waals surface area (Å²) >= 11 is 0. The molecule has 3 nitrogen and oxygen atoms in total. The van der Waals surface area contributed by atoms with E-state index in [0.29, 0.717) is 0 Å². The summed E-state index contributed by atoms with van der Waals surface area (Å²) in [7, 11) is 4.24. The van der Waals surface area contributed by atoms with Crippen LogP contribution in [0.3, 0.4) is 0 Å². The van der Waals surface area contributed by atoms with Crippen molar-refractivity contribution in [1.82, 2.24) is 15.5 Å². The zero-order valence-electron chi connectivity index (χ0n) is 7.51. The van der Waals surface area contributed by atoms with Crippen LogP contribution in [0.15, 0.2) is 0 Å². The lowest BCUT2D eigenvalue weighted by Crippen LogP contribution is -2.40. The van der Waals surface area contributed by atoms with Crippen LogP contribution >= 0.6 is 0 Å². The van der Waals surface area contributed by atoms with Gasteiger partial charge in [0.25, 0.3) is 0 Å². The van der Waals surface area contributed by atoms with Crippen molar-refractivity contribution in [3.63, 3.8) is 0 Å². The molecule has 0 aromatic heterocycles. The molecular formula is C8H18N3. The fourth-order valence-corrected chi connectivity index (χ4v) is 1.29. The number of hydrogen-bond acceptors (Lipinski definition) is 2. The molecule has 1 aliphatic rings. The first kappa shape index (κ1) is 8.97. The molecular weight excluding hydrogens is 138 g/mol. The minimum atomic E-state index is 0.770. The second kappa shape index (κ2) is 4.70. The summed E-state index contributed by atoms with van der Waals surface area (Å²) in [6.45, 7) is 4.25. The Morgan fingerprint density at radius 2 is 2.36 bits per heavy atom. The smallest absolute Gasteiger partial charge is 0.0624 e. The van der Waals surface area contributed by atoms with E-state index in [9.17, 15) is 0 Å². The minimum Gasteiger partial charge on any atom is -0.309 e. The van der Waals surface area contributed by atoms with Crippen molar-refractivity contribution in [2.45, 2.75) is 6.42 Å². The fraction of sp³-hybridized carbons (Fsp3) is 1.00. The van der Waals surface area contributed by atoms with E-state index in [2.05, 4.69) is 29.6 Å². The molecule has 0 aromatic carbocycles. The van der Waals surface area contributed by atoms with Gasteiger partial charge in [0.2, 0.25) is 0 Å². The van der Waals surface area contributed by atoms with Crippen LogP contribution in [-0.2, 0) is 0 Å². The fourth-order valence-electron chi connectivity index (χ4n) is 1.29. The number of nitrogens with zero attached hydrogens (tertiary/aromatic N) is 2. The van der Waals surface area contributed by atoms with Gasteiger partial charge < -0.3 is 10.2 Å². The highest BCUT2D eigenvalue weighted by Crippen LogP contribution is 2.03. The molecule has 1 atom stereocenters. The SMILES string of the molecule is CN(C)CCC1C[N]CNC1. The lowest BCUT2D eigenvalue weighted by atomic mass is 10.0. The van der Waals surface area contributed by atoms with Gasteiger partial charge in [0, 0.05) is 13.1 Å². The van der Waals surface area contributed by atoms with Crippen LogP contribution in [0.5, 0.6) is 0 Å². The van der Waals surface area contributed by atoms with Crippen molar-refractivity contribution in [2.75, 3.05) is 40.4 Å². The van der Waals surface area contributed by atoms with Crippen LogP contribution < -0.4 is 10.6 Å². The maximum absolute atomic E-state index is 4.31. The molecule has 0 bridgehead atoms. The molecule has 0 spiro atoms. The van der Waals surface area contributed by atoms with Gasteiger partial charge in [0.05, 0.1) is 6.67 Å². The molecule has 3 heteroatoms. The van der Waals surface area contributed by atoms with Gasteiger partial charge in [-0.15, -0.1) is 0 Å². The molecule has 65 valence electrons. The normalized spacial score (nSPS) is 21.0. The van der Waals surface area contributed by atoms with E-state index in [4.69, 9.17) is 0 Å². The quantitative estimate of drug-likeness (QED) is 0.609. The molecule has 1 heterocycles. The van der Waals surface area contributed by atoms with E-state index >= 15 is 0 Å².